The van der Waals surface area contributed by atoms with Gasteiger partial charge >= 0.3 is 0 Å². The molecule has 0 fully saturated rings. The Morgan fingerprint density at radius 3 is 2.68 bits per heavy atom. The molecule has 1 aliphatic carbocycles. The summed E-state index contributed by atoms with van der Waals surface area (Å²) in [7, 11) is 0. The van der Waals surface area contributed by atoms with Gasteiger partial charge in [0.25, 0.3) is 0 Å². The maximum Gasteiger partial charge on any atom is -0.0101 e. The summed E-state index contributed by atoms with van der Waals surface area (Å²) in [5, 5.41) is 0. The summed E-state index contributed by atoms with van der Waals surface area (Å²) in [5.74, 6) is 0. The Balaban J connectivity index is 2.10. The molecule has 0 aromatic heterocycles. The minimum absolute atomic E-state index is 0.380. The molecule has 1 aliphatic rings. The number of fused-ring (bicyclic) bond motifs is 1. The second kappa shape index (κ2) is 6.59. The molecule has 0 amide bonds. The first kappa shape index (κ1) is 14.6. The normalized spacial score (nSPS) is 17.8. The van der Waals surface area contributed by atoms with Gasteiger partial charge in [0.1, 0.15) is 0 Å². The third-order valence-electron chi connectivity index (χ3n) is 4.72. The van der Waals surface area contributed by atoms with Gasteiger partial charge in [-0.1, -0.05) is 64.7 Å². The van der Waals surface area contributed by atoms with Crippen LogP contribution in [0.5, 0.6) is 0 Å². The molecule has 0 saturated heterocycles. The maximum atomic E-state index is 2.52. The zero-order chi connectivity index (χ0) is 13.7. The quantitative estimate of drug-likeness (QED) is 0.461. The van der Waals surface area contributed by atoms with Crippen LogP contribution in [0, 0.1) is 0 Å². The van der Waals surface area contributed by atoms with E-state index in [1.54, 1.807) is 16.7 Å². The zero-order valence-corrected chi connectivity index (χ0v) is 13.1. The van der Waals surface area contributed by atoms with Crippen LogP contribution in [0.25, 0.3) is 0 Å². The molecule has 0 atom stereocenters. The number of aryl methyl sites for hydroxylation is 2. The van der Waals surface area contributed by atoms with Crippen molar-refractivity contribution in [3.8, 4) is 0 Å². The first-order valence-corrected chi connectivity index (χ1v) is 8.26. The number of benzene rings is 1. The lowest BCUT2D eigenvalue weighted by Crippen LogP contribution is -2.17. The molecular weight excluding hydrogens is 228 g/mol. The lowest BCUT2D eigenvalue weighted by Gasteiger charge is -2.26. The average Bonchev–Trinajstić information content (AvgIpc) is 2.54. The van der Waals surface area contributed by atoms with Crippen LogP contribution < -0.4 is 0 Å². The van der Waals surface area contributed by atoms with Crippen molar-refractivity contribution in [3.63, 3.8) is 0 Å². The van der Waals surface area contributed by atoms with Gasteiger partial charge in [-0.15, -0.1) is 0 Å². The van der Waals surface area contributed by atoms with Crippen LogP contribution in [0.3, 0.4) is 0 Å². The summed E-state index contributed by atoms with van der Waals surface area (Å²) < 4.78 is 0. The highest BCUT2D eigenvalue weighted by molar-refractivity contribution is 5.38. The van der Waals surface area contributed by atoms with Crippen molar-refractivity contribution < 1.29 is 0 Å². The molecular formula is C19H30. The molecule has 0 nitrogen and oxygen atoms in total. The summed E-state index contributed by atoms with van der Waals surface area (Å²) in [6, 6.07) is 7.32. The minimum atomic E-state index is 0.380. The Labute approximate surface area is 119 Å². The molecule has 0 radical (unpaired) electrons. The molecule has 19 heavy (non-hydrogen) atoms. The third kappa shape index (κ3) is 3.84. The van der Waals surface area contributed by atoms with Crippen LogP contribution in [-0.2, 0) is 18.3 Å². The highest BCUT2D eigenvalue weighted by Crippen LogP contribution is 2.36. The van der Waals surface area contributed by atoms with E-state index >= 15 is 0 Å². The summed E-state index contributed by atoms with van der Waals surface area (Å²) in [4.78, 5) is 0. The van der Waals surface area contributed by atoms with Gasteiger partial charge in [0, 0.05) is 0 Å². The van der Waals surface area contributed by atoms with Gasteiger partial charge in [-0.25, -0.2) is 0 Å². The highest BCUT2D eigenvalue weighted by atomic mass is 14.3. The molecule has 0 unspecified atom stereocenters. The van der Waals surface area contributed by atoms with Crippen molar-refractivity contribution in [3.05, 3.63) is 34.9 Å². The van der Waals surface area contributed by atoms with E-state index in [9.17, 15) is 0 Å². The number of hydrogen-bond donors (Lipinski definition) is 0. The molecule has 2 rings (SSSR count). The van der Waals surface area contributed by atoms with Crippen LogP contribution in [-0.4, -0.2) is 0 Å². The van der Waals surface area contributed by atoms with E-state index in [0.717, 1.165) is 0 Å². The molecule has 0 bridgehead atoms. The second-order valence-corrected chi connectivity index (χ2v) is 6.89. The highest BCUT2D eigenvalue weighted by Gasteiger charge is 2.25. The fraction of sp³-hybridized carbons (Fsp3) is 0.684. The predicted molar refractivity (Wildman–Crippen MR) is 84.9 cm³/mol. The van der Waals surface area contributed by atoms with E-state index in [1.165, 1.54) is 57.8 Å². The minimum Gasteiger partial charge on any atom is -0.0654 e. The van der Waals surface area contributed by atoms with Gasteiger partial charge in [-0.2, -0.15) is 0 Å². The maximum absolute atomic E-state index is 2.52. The van der Waals surface area contributed by atoms with E-state index in [1.807, 2.05) is 0 Å². The summed E-state index contributed by atoms with van der Waals surface area (Å²) in [6.45, 7) is 7.14. The SMILES string of the molecule is CCCCCCc1ccc2c(c1)C(C)(C)CCCC2. The number of unbranched alkanes of at least 4 members (excludes halogenated alkanes) is 3. The number of hydrogen-bond acceptors (Lipinski definition) is 0. The fourth-order valence-corrected chi connectivity index (χ4v) is 3.40. The Kier molecular flexibility index (Phi) is 5.07. The molecule has 106 valence electrons. The van der Waals surface area contributed by atoms with E-state index in [0.29, 0.717) is 5.41 Å². The van der Waals surface area contributed by atoms with Gasteiger partial charge in [0.2, 0.25) is 0 Å². The van der Waals surface area contributed by atoms with E-state index in [4.69, 9.17) is 0 Å². The van der Waals surface area contributed by atoms with Crippen LogP contribution in [0.4, 0.5) is 0 Å². The summed E-state index contributed by atoms with van der Waals surface area (Å²) in [5.41, 5.74) is 5.19. The molecule has 1 aromatic carbocycles. The monoisotopic (exact) mass is 258 g/mol. The van der Waals surface area contributed by atoms with Crippen LogP contribution in [0.1, 0.15) is 82.4 Å². The third-order valence-corrected chi connectivity index (χ3v) is 4.72. The standard InChI is InChI=1S/C19H30/c1-4-5-6-7-10-16-12-13-17-11-8-9-14-19(2,3)18(17)15-16/h12-13,15H,4-11,14H2,1-3H3. The van der Waals surface area contributed by atoms with Gasteiger partial charge in [0.05, 0.1) is 0 Å². The van der Waals surface area contributed by atoms with Crippen molar-refractivity contribution in [1.29, 1.82) is 0 Å². The fourth-order valence-electron chi connectivity index (χ4n) is 3.40. The van der Waals surface area contributed by atoms with E-state index in [-0.39, 0.29) is 0 Å². The zero-order valence-electron chi connectivity index (χ0n) is 13.1. The lowest BCUT2D eigenvalue weighted by atomic mass is 9.79. The van der Waals surface area contributed by atoms with Crippen molar-refractivity contribution in [2.75, 3.05) is 0 Å². The molecule has 0 saturated carbocycles. The van der Waals surface area contributed by atoms with Crippen molar-refractivity contribution in [2.24, 2.45) is 0 Å². The Morgan fingerprint density at radius 2 is 1.89 bits per heavy atom. The van der Waals surface area contributed by atoms with Crippen molar-refractivity contribution >= 4 is 0 Å². The first-order chi connectivity index (χ1) is 9.13. The van der Waals surface area contributed by atoms with Crippen molar-refractivity contribution in [2.45, 2.75) is 84.0 Å². The number of rotatable bonds is 5. The predicted octanol–water partition coefficient (Wildman–Crippen LogP) is 5.81. The molecule has 1 aromatic rings. The molecule has 0 heterocycles. The van der Waals surface area contributed by atoms with Crippen LogP contribution >= 0.6 is 0 Å². The second-order valence-electron chi connectivity index (χ2n) is 6.89. The van der Waals surface area contributed by atoms with Gasteiger partial charge in [0.15, 0.2) is 0 Å². The Hall–Kier alpha value is -0.780. The molecule has 0 spiro atoms. The van der Waals surface area contributed by atoms with E-state index in [2.05, 4.69) is 39.0 Å². The summed E-state index contributed by atoms with van der Waals surface area (Å²) >= 11 is 0. The first-order valence-electron chi connectivity index (χ1n) is 8.26. The van der Waals surface area contributed by atoms with Crippen molar-refractivity contribution in [1.82, 2.24) is 0 Å². The Morgan fingerprint density at radius 1 is 1.05 bits per heavy atom. The largest absolute Gasteiger partial charge is 0.0654 e. The van der Waals surface area contributed by atoms with Gasteiger partial charge in [-0.05, 0) is 54.2 Å². The van der Waals surface area contributed by atoms with Crippen LogP contribution in [0.2, 0.25) is 0 Å². The Bertz CT molecular complexity index is 400. The van der Waals surface area contributed by atoms with Gasteiger partial charge < -0.3 is 0 Å². The summed E-state index contributed by atoms with van der Waals surface area (Å²) in [6.07, 6.45) is 12.1. The van der Waals surface area contributed by atoms with Crippen LogP contribution in [0.15, 0.2) is 18.2 Å². The molecule has 0 aliphatic heterocycles. The van der Waals surface area contributed by atoms with Gasteiger partial charge in [-0.3, -0.25) is 0 Å². The van der Waals surface area contributed by atoms with E-state index < -0.39 is 0 Å². The molecule has 0 N–H and O–H groups in total. The topological polar surface area (TPSA) is 0 Å². The lowest BCUT2D eigenvalue weighted by molar-refractivity contribution is 0.468. The molecule has 0 heteroatoms. The average molecular weight is 258 g/mol. The smallest absolute Gasteiger partial charge is 0.0101 e.